The number of hydrogen-bond acceptors (Lipinski definition) is 4. The van der Waals surface area contributed by atoms with Crippen LogP contribution in [0.25, 0.3) is 0 Å². The largest absolute Gasteiger partial charge is 0.339 e. The minimum Gasteiger partial charge on any atom is -0.339 e. The van der Waals surface area contributed by atoms with Crippen molar-refractivity contribution >= 4 is 0 Å². The van der Waals surface area contributed by atoms with Crippen molar-refractivity contribution < 1.29 is 4.52 Å². The number of hydrogen-bond donors (Lipinski definition) is 0. The fraction of sp³-hybridized carbons (Fsp3) is 0.545. The highest BCUT2D eigenvalue weighted by atomic mass is 16.5. The Morgan fingerprint density at radius 3 is 3.12 bits per heavy atom. The number of rotatable bonds is 4. The van der Waals surface area contributed by atoms with Crippen LogP contribution in [0.15, 0.2) is 16.9 Å². The van der Waals surface area contributed by atoms with Crippen molar-refractivity contribution in [2.75, 3.05) is 0 Å². The zero-order chi connectivity index (χ0) is 11.0. The molecular weight excluding hydrogens is 204 g/mol. The zero-order valence-electron chi connectivity index (χ0n) is 9.26. The average molecular weight is 218 g/mol. The van der Waals surface area contributed by atoms with Crippen LogP contribution < -0.4 is 0 Å². The highest BCUT2D eigenvalue weighted by Gasteiger charge is 2.29. The van der Waals surface area contributed by atoms with Crippen LogP contribution in [0.4, 0.5) is 0 Å². The van der Waals surface area contributed by atoms with Crippen LogP contribution in [0.5, 0.6) is 0 Å². The molecule has 84 valence electrons. The third-order valence-electron chi connectivity index (χ3n) is 2.84. The number of imidazole rings is 1. The summed E-state index contributed by atoms with van der Waals surface area (Å²) in [5.74, 6) is 3.12. The third kappa shape index (κ3) is 1.73. The van der Waals surface area contributed by atoms with E-state index in [1.165, 1.54) is 12.8 Å². The quantitative estimate of drug-likeness (QED) is 0.784. The van der Waals surface area contributed by atoms with Crippen molar-refractivity contribution in [3.05, 3.63) is 29.9 Å². The molecule has 1 saturated carbocycles. The molecule has 3 rings (SSSR count). The first-order valence-corrected chi connectivity index (χ1v) is 5.69. The molecule has 1 fully saturated rings. The maximum Gasteiger partial charge on any atom is 0.229 e. The van der Waals surface area contributed by atoms with Crippen molar-refractivity contribution in [2.24, 2.45) is 0 Å². The van der Waals surface area contributed by atoms with Crippen LogP contribution in [0.2, 0.25) is 0 Å². The van der Waals surface area contributed by atoms with Crippen molar-refractivity contribution in [1.82, 2.24) is 19.7 Å². The van der Waals surface area contributed by atoms with Crippen LogP contribution in [0.1, 0.15) is 43.2 Å². The first kappa shape index (κ1) is 9.57. The van der Waals surface area contributed by atoms with Gasteiger partial charge in [-0.25, -0.2) is 4.98 Å². The first-order chi connectivity index (χ1) is 7.86. The van der Waals surface area contributed by atoms with Gasteiger partial charge in [0.2, 0.25) is 5.89 Å². The standard InChI is InChI=1S/C11H14N4O/c1-2-10-12-5-6-15(10)7-9-13-11(16-14-9)8-3-4-8/h5-6,8H,2-4,7H2,1H3. The normalized spacial score (nSPS) is 15.6. The van der Waals surface area contributed by atoms with Crippen LogP contribution >= 0.6 is 0 Å². The van der Waals surface area contributed by atoms with E-state index < -0.39 is 0 Å². The van der Waals surface area contributed by atoms with E-state index in [-0.39, 0.29) is 0 Å². The lowest BCUT2D eigenvalue weighted by Crippen LogP contribution is -2.04. The molecule has 2 heterocycles. The van der Waals surface area contributed by atoms with Gasteiger partial charge in [0.1, 0.15) is 5.82 Å². The second-order valence-corrected chi connectivity index (χ2v) is 4.15. The summed E-state index contributed by atoms with van der Waals surface area (Å²) in [6.45, 7) is 2.74. The smallest absolute Gasteiger partial charge is 0.229 e. The van der Waals surface area contributed by atoms with Gasteiger partial charge in [-0.1, -0.05) is 12.1 Å². The van der Waals surface area contributed by atoms with E-state index in [9.17, 15) is 0 Å². The summed E-state index contributed by atoms with van der Waals surface area (Å²) in [5, 5.41) is 3.99. The summed E-state index contributed by atoms with van der Waals surface area (Å²) in [5.41, 5.74) is 0. The molecule has 16 heavy (non-hydrogen) atoms. The molecule has 0 spiro atoms. The second-order valence-electron chi connectivity index (χ2n) is 4.15. The van der Waals surface area contributed by atoms with Crippen molar-refractivity contribution in [2.45, 2.75) is 38.6 Å². The first-order valence-electron chi connectivity index (χ1n) is 5.69. The Morgan fingerprint density at radius 1 is 1.50 bits per heavy atom. The molecule has 0 radical (unpaired) electrons. The lowest BCUT2D eigenvalue weighted by atomic mass is 10.4. The number of aryl methyl sites for hydroxylation is 1. The summed E-state index contributed by atoms with van der Waals surface area (Å²) in [4.78, 5) is 8.66. The molecule has 0 amide bonds. The van der Waals surface area contributed by atoms with Gasteiger partial charge in [0.25, 0.3) is 0 Å². The summed E-state index contributed by atoms with van der Waals surface area (Å²) in [7, 11) is 0. The Bertz CT molecular complexity index is 484. The maximum absolute atomic E-state index is 5.22. The van der Waals surface area contributed by atoms with E-state index in [0.717, 1.165) is 24.0 Å². The van der Waals surface area contributed by atoms with Gasteiger partial charge in [-0.2, -0.15) is 4.98 Å². The van der Waals surface area contributed by atoms with Gasteiger partial charge in [-0.3, -0.25) is 0 Å². The molecule has 2 aromatic rings. The van der Waals surface area contributed by atoms with Gasteiger partial charge in [0, 0.05) is 24.7 Å². The molecule has 0 aromatic carbocycles. The second kappa shape index (κ2) is 3.73. The van der Waals surface area contributed by atoms with Crippen LogP contribution in [-0.4, -0.2) is 19.7 Å². The predicted molar refractivity (Wildman–Crippen MR) is 57.0 cm³/mol. The third-order valence-corrected chi connectivity index (χ3v) is 2.84. The summed E-state index contributed by atoms with van der Waals surface area (Å²) in [6.07, 6.45) is 7.05. The van der Waals surface area contributed by atoms with Crippen LogP contribution in [-0.2, 0) is 13.0 Å². The van der Waals surface area contributed by atoms with E-state index in [1.54, 1.807) is 6.20 Å². The number of nitrogens with zero attached hydrogens (tertiary/aromatic N) is 4. The Morgan fingerprint density at radius 2 is 2.38 bits per heavy atom. The van der Waals surface area contributed by atoms with Gasteiger partial charge >= 0.3 is 0 Å². The Hall–Kier alpha value is -1.65. The molecule has 5 heteroatoms. The van der Waals surface area contributed by atoms with Gasteiger partial charge in [-0.15, -0.1) is 0 Å². The van der Waals surface area contributed by atoms with E-state index in [2.05, 4.69) is 26.6 Å². The van der Waals surface area contributed by atoms with Crippen molar-refractivity contribution in [3.8, 4) is 0 Å². The molecular formula is C11H14N4O. The van der Waals surface area contributed by atoms with E-state index in [0.29, 0.717) is 12.5 Å². The minimum atomic E-state index is 0.523. The monoisotopic (exact) mass is 218 g/mol. The van der Waals surface area contributed by atoms with Crippen molar-refractivity contribution in [3.63, 3.8) is 0 Å². The summed E-state index contributed by atoms with van der Waals surface area (Å²) in [6, 6.07) is 0. The van der Waals surface area contributed by atoms with Gasteiger partial charge in [0.15, 0.2) is 5.82 Å². The molecule has 5 nitrogen and oxygen atoms in total. The van der Waals surface area contributed by atoms with Crippen LogP contribution in [0.3, 0.4) is 0 Å². The number of aromatic nitrogens is 4. The summed E-state index contributed by atoms with van der Waals surface area (Å²) >= 11 is 0. The fourth-order valence-corrected chi connectivity index (χ4v) is 1.78. The zero-order valence-corrected chi connectivity index (χ0v) is 9.26. The highest BCUT2D eigenvalue weighted by molar-refractivity contribution is 5.03. The molecule has 1 aliphatic rings. The van der Waals surface area contributed by atoms with E-state index in [4.69, 9.17) is 4.52 Å². The Labute approximate surface area is 93.5 Å². The topological polar surface area (TPSA) is 56.7 Å². The molecule has 2 aromatic heterocycles. The lowest BCUT2D eigenvalue weighted by Gasteiger charge is -2.01. The molecule has 1 aliphatic carbocycles. The Balaban J connectivity index is 1.77. The molecule has 0 N–H and O–H groups in total. The molecule has 0 bridgehead atoms. The molecule has 0 atom stereocenters. The molecule has 0 unspecified atom stereocenters. The average Bonchev–Trinajstić information content (AvgIpc) is 2.88. The minimum absolute atomic E-state index is 0.523. The van der Waals surface area contributed by atoms with E-state index in [1.807, 2.05) is 6.20 Å². The predicted octanol–water partition coefficient (Wildman–Crippen LogP) is 1.75. The molecule has 0 saturated heterocycles. The SMILES string of the molecule is CCc1nccn1Cc1noc(C2CC2)n1. The van der Waals surface area contributed by atoms with Gasteiger partial charge < -0.3 is 9.09 Å². The highest BCUT2D eigenvalue weighted by Crippen LogP contribution is 2.38. The van der Waals surface area contributed by atoms with Crippen LogP contribution in [0, 0.1) is 0 Å². The molecule has 0 aliphatic heterocycles. The summed E-state index contributed by atoms with van der Waals surface area (Å²) < 4.78 is 7.27. The lowest BCUT2D eigenvalue weighted by molar-refractivity contribution is 0.373. The van der Waals surface area contributed by atoms with Gasteiger partial charge in [-0.05, 0) is 12.8 Å². The fourth-order valence-electron chi connectivity index (χ4n) is 1.78. The maximum atomic E-state index is 5.22. The van der Waals surface area contributed by atoms with Crippen molar-refractivity contribution in [1.29, 1.82) is 0 Å². The van der Waals surface area contributed by atoms with Gasteiger partial charge in [0.05, 0.1) is 6.54 Å². The van der Waals surface area contributed by atoms with E-state index >= 15 is 0 Å². The Kier molecular flexibility index (Phi) is 2.23.